The maximum absolute atomic E-state index is 11.0. The summed E-state index contributed by atoms with van der Waals surface area (Å²) in [7, 11) is 0. The summed E-state index contributed by atoms with van der Waals surface area (Å²) in [5.74, 6) is -0.188. The van der Waals surface area contributed by atoms with E-state index in [2.05, 4.69) is 10.2 Å². The number of hydrogen-bond donors (Lipinski definition) is 1. The average Bonchev–Trinajstić information content (AvgIpc) is 2.74. The molecule has 0 radical (unpaired) electrons. The lowest BCUT2D eigenvalue weighted by atomic mass is 10.1. The number of rotatable bonds is 3. The summed E-state index contributed by atoms with van der Waals surface area (Å²) in [6.07, 6.45) is 2.15. The van der Waals surface area contributed by atoms with Crippen LogP contribution in [0.15, 0.2) is 24.4 Å². The van der Waals surface area contributed by atoms with Crippen molar-refractivity contribution in [2.45, 2.75) is 20.0 Å². The van der Waals surface area contributed by atoms with Crippen LogP contribution in [0.25, 0.3) is 10.9 Å². The third-order valence-corrected chi connectivity index (χ3v) is 2.24. The molecule has 0 aliphatic heterocycles. The highest BCUT2D eigenvalue weighted by molar-refractivity contribution is 5.81. The minimum Gasteiger partial charge on any atom is -0.461 e. The zero-order valence-corrected chi connectivity index (χ0v) is 8.49. The number of esters is 1. The third kappa shape index (κ3) is 1.98. The minimum atomic E-state index is -0.188. The average molecular weight is 204 g/mol. The van der Waals surface area contributed by atoms with E-state index >= 15 is 0 Å². The highest BCUT2D eigenvalue weighted by Crippen LogP contribution is 2.16. The van der Waals surface area contributed by atoms with Crippen LogP contribution in [0.3, 0.4) is 0 Å². The molecule has 0 saturated carbocycles. The quantitative estimate of drug-likeness (QED) is 0.778. The van der Waals surface area contributed by atoms with Gasteiger partial charge in [0.2, 0.25) is 0 Å². The van der Waals surface area contributed by atoms with Crippen LogP contribution >= 0.6 is 0 Å². The standard InChI is InChI=1S/C11H12N2O2/c1-2-10(14)15-7-9-5-3-4-8-6-12-13-11(8)9/h3-6H,2,7H2,1H3,(H,12,13). The summed E-state index contributed by atoms with van der Waals surface area (Å²) in [6.45, 7) is 2.07. The van der Waals surface area contributed by atoms with E-state index in [1.165, 1.54) is 0 Å². The Balaban J connectivity index is 2.20. The molecule has 1 aromatic carbocycles. The van der Waals surface area contributed by atoms with Crippen molar-refractivity contribution in [2.75, 3.05) is 0 Å². The van der Waals surface area contributed by atoms with E-state index in [4.69, 9.17) is 4.74 Å². The van der Waals surface area contributed by atoms with E-state index in [1.807, 2.05) is 18.2 Å². The SMILES string of the molecule is CCC(=O)OCc1cccc2cn[nH]c12. The molecule has 4 heteroatoms. The van der Waals surface area contributed by atoms with Gasteiger partial charge < -0.3 is 4.74 Å². The summed E-state index contributed by atoms with van der Waals surface area (Å²) >= 11 is 0. The number of hydrogen-bond acceptors (Lipinski definition) is 3. The van der Waals surface area contributed by atoms with Gasteiger partial charge >= 0.3 is 5.97 Å². The van der Waals surface area contributed by atoms with Gasteiger partial charge in [-0.2, -0.15) is 5.10 Å². The lowest BCUT2D eigenvalue weighted by Gasteiger charge is -2.03. The summed E-state index contributed by atoms with van der Waals surface area (Å²) in [4.78, 5) is 11.0. The molecule has 2 rings (SSSR count). The molecule has 1 aromatic heterocycles. The molecule has 0 aliphatic rings. The molecular weight excluding hydrogens is 192 g/mol. The summed E-state index contributed by atoms with van der Waals surface area (Å²) < 4.78 is 5.07. The molecule has 0 fully saturated rings. The molecule has 0 atom stereocenters. The minimum absolute atomic E-state index is 0.188. The highest BCUT2D eigenvalue weighted by atomic mass is 16.5. The van der Waals surface area contributed by atoms with Crippen LogP contribution < -0.4 is 0 Å². The Morgan fingerprint density at radius 3 is 3.20 bits per heavy atom. The second kappa shape index (κ2) is 4.13. The Hall–Kier alpha value is -1.84. The van der Waals surface area contributed by atoms with Gasteiger partial charge in [0.05, 0.1) is 11.7 Å². The third-order valence-electron chi connectivity index (χ3n) is 2.24. The van der Waals surface area contributed by atoms with Gasteiger partial charge in [-0.25, -0.2) is 0 Å². The van der Waals surface area contributed by atoms with Gasteiger partial charge in [0.15, 0.2) is 0 Å². The summed E-state index contributed by atoms with van der Waals surface area (Å²) in [6, 6.07) is 5.81. The fourth-order valence-electron chi connectivity index (χ4n) is 1.41. The lowest BCUT2D eigenvalue weighted by molar-refractivity contribution is -0.144. The van der Waals surface area contributed by atoms with E-state index in [-0.39, 0.29) is 5.97 Å². The second-order valence-electron chi connectivity index (χ2n) is 3.27. The van der Waals surface area contributed by atoms with Crippen molar-refractivity contribution in [1.82, 2.24) is 10.2 Å². The molecule has 0 amide bonds. The molecule has 0 spiro atoms. The molecule has 15 heavy (non-hydrogen) atoms. The van der Waals surface area contributed by atoms with Crippen molar-refractivity contribution >= 4 is 16.9 Å². The fraction of sp³-hybridized carbons (Fsp3) is 0.273. The van der Waals surface area contributed by atoms with Crippen LogP contribution in [0, 0.1) is 0 Å². The Morgan fingerprint density at radius 2 is 2.40 bits per heavy atom. The number of fused-ring (bicyclic) bond motifs is 1. The molecule has 1 N–H and O–H groups in total. The maximum atomic E-state index is 11.0. The maximum Gasteiger partial charge on any atom is 0.305 e. The molecule has 0 saturated heterocycles. The number of carbonyl (C=O) groups is 1. The van der Waals surface area contributed by atoms with E-state index in [0.29, 0.717) is 13.0 Å². The van der Waals surface area contributed by atoms with Crippen LogP contribution in [0.5, 0.6) is 0 Å². The molecule has 1 heterocycles. The first-order valence-electron chi connectivity index (χ1n) is 4.88. The first kappa shape index (κ1) is 9.71. The van der Waals surface area contributed by atoms with Crippen LogP contribution in [-0.2, 0) is 16.1 Å². The first-order chi connectivity index (χ1) is 7.31. The van der Waals surface area contributed by atoms with Gasteiger partial charge in [-0.1, -0.05) is 25.1 Å². The van der Waals surface area contributed by atoms with Crippen LogP contribution in [0.4, 0.5) is 0 Å². The van der Waals surface area contributed by atoms with Gasteiger partial charge in [-0.05, 0) is 0 Å². The molecule has 0 unspecified atom stereocenters. The van der Waals surface area contributed by atoms with Gasteiger partial charge in [-0.15, -0.1) is 0 Å². The highest BCUT2D eigenvalue weighted by Gasteiger charge is 2.04. The Labute approximate surface area is 87.2 Å². The summed E-state index contributed by atoms with van der Waals surface area (Å²) in [5.41, 5.74) is 1.88. The predicted octanol–water partition coefficient (Wildman–Crippen LogP) is 2.02. The van der Waals surface area contributed by atoms with Crippen molar-refractivity contribution in [2.24, 2.45) is 0 Å². The molecule has 4 nitrogen and oxygen atoms in total. The predicted molar refractivity (Wildman–Crippen MR) is 56.2 cm³/mol. The number of nitrogens with zero attached hydrogens (tertiary/aromatic N) is 1. The Bertz CT molecular complexity index is 476. The molecule has 2 aromatic rings. The van der Waals surface area contributed by atoms with Crippen molar-refractivity contribution in [3.8, 4) is 0 Å². The van der Waals surface area contributed by atoms with Gasteiger partial charge in [0, 0.05) is 17.4 Å². The first-order valence-corrected chi connectivity index (χ1v) is 4.88. The second-order valence-corrected chi connectivity index (χ2v) is 3.27. The van der Waals surface area contributed by atoms with Crippen molar-refractivity contribution in [3.63, 3.8) is 0 Å². The monoisotopic (exact) mass is 204 g/mol. The molecule has 0 aliphatic carbocycles. The Morgan fingerprint density at radius 1 is 1.53 bits per heavy atom. The van der Waals surface area contributed by atoms with Crippen LogP contribution in [-0.4, -0.2) is 16.2 Å². The number of para-hydroxylation sites is 1. The van der Waals surface area contributed by atoms with Crippen molar-refractivity contribution < 1.29 is 9.53 Å². The van der Waals surface area contributed by atoms with Crippen LogP contribution in [0.2, 0.25) is 0 Å². The van der Waals surface area contributed by atoms with Crippen LogP contribution in [0.1, 0.15) is 18.9 Å². The van der Waals surface area contributed by atoms with Crippen molar-refractivity contribution in [3.05, 3.63) is 30.0 Å². The fourth-order valence-corrected chi connectivity index (χ4v) is 1.41. The number of aromatic amines is 1. The topological polar surface area (TPSA) is 55.0 Å². The lowest BCUT2D eigenvalue weighted by Crippen LogP contribution is -2.02. The van der Waals surface area contributed by atoms with Gasteiger partial charge in [0.25, 0.3) is 0 Å². The zero-order chi connectivity index (χ0) is 10.7. The van der Waals surface area contributed by atoms with Crippen molar-refractivity contribution in [1.29, 1.82) is 0 Å². The van der Waals surface area contributed by atoms with Gasteiger partial charge in [-0.3, -0.25) is 9.89 Å². The Kier molecular flexibility index (Phi) is 2.67. The normalized spacial score (nSPS) is 10.5. The molecule has 0 bridgehead atoms. The van der Waals surface area contributed by atoms with E-state index in [0.717, 1.165) is 16.5 Å². The number of H-pyrrole nitrogens is 1. The molecule has 78 valence electrons. The largest absolute Gasteiger partial charge is 0.461 e. The van der Waals surface area contributed by atoms with E-state index in [1.54, 1.807) is 13.1 Å². The summed E-state index contributed by atoms with van der Waals surface area (Å²) in [5, 5.41) is 7.86. The number of nitrogens with one attached hydrogen (secondary N) is 1. The smallest absolute Gasteiger partial charge is 0.305 e. The number of aromatic nitrogens is 2. The van der Waals surface area contributed by atoms with Gasteiger partial charge in [0.1, 0.15) is 6.61 Å². The van der Waals surface area contributed by atoms with E-state index in [9.17, 15) is 4.79 Å². The van der Waals surface area contributed by atoms with E-state index < -0.39 is 0 Å². The number of carbonyl (C=O) groups excluding carboxylic acids is 1. The number of ether oxygens (including phenoxy) is 1. The zero-order valence-electron chi connectivity index (χ0n) is 8.49. The number of benzene rings is 1. The molecular formula is C11H12N2O2.